The maximum absolute atomic E-state index is 12.9. The molecule has 0 saturated carbocycles. The highest BCUT2D eigenvalue weighted by atomic mass is 16.2. The molecule has 2 N–H and O–H groups in total. The van der Waals surface area contributed by atoms with E-state index in [1.54, 1.807) is 24.3 Å². The number of nitrogens with zero attached hydrogens (tertiary/aromatic N) is 1. The van der Waals surface area contributed by atoms with Crippen LogP contribution in [0.2, 0.25) is 0 Å². The third kappa shape index (κ3) is 3.99. The maximum Gasteiger partial charge on any atom is 0.251 e. The minimum atomic E-state index is -0.354. The molecular formula is C24H25N3O3. The number of allylic oxidation sites excluding steroid dienone is 2. The Hall–Kier alpha value is -3.41. The van der Waals surface area contributed by atoms with E-state index in [9.17, 15) is 14.4 Å². The highest BCUT2D eigenvalue weighted by Gasteiger charge is 2.42. The second kappa shape index (κ2) is 8.53. The Kier molecular flexibility index (Phi) is 5.65. The predicted octanol–water partition coefficient (Wildman–Crippen LogP) is 3.18. The number of anilines is 1. The lowest BCUT2D eigenvalue weighted by atomic mass is 9.80. The van der Waals surface area contributed by atoms with Crippen molar-refractivity contribution in [3.63, 3.8) is 0 Å². The number of fused-ring (bicyclic) bond motifs is 1. The fraction of sp³-hybridized carbons (Fsp3) is 0.292. The van der Waals surface area contributed by atoms with Crippen molar-refractivity contribution in [2.75, 3.05) is 11.6 Å². The van der Waals surface area contributed by atoms with Crippen molar-refractivity contribution in [1.29, 1.82) is 0 Å². The van der Waals surface area contributed by atoms with E-state index < -0.39 is 0 Å². The molecule has 1 heterocycles. The van der Waals surface area contributed by atoms with Crippen molar-refractivity contribution in [2.45, 2.75) is 25.7 Å². The van der Waals surface area contributed by atoms with E-state index >= 15 is 0 Å². The van der Waals surface area contributed by atoms with Crippen LogP contribution in [0.5, 0.6) is 0 Å². The van der Waals surface area contributed by atoms with Crippen LogP contribution in [0.4, 0.5) is 5.69 Å². The zero-order valence-electron chi connectivity index (χ0n) is 16.9. The third-order valence-electron chi connectivity index (χ3n) is 5.83. The van der Waals surface area contributed by atoms with Gasteiger partial charge in [-0.05, 0) is 42.5 Å². The number of hydrogen-bond donors (Lipinski definition) is 2. The minimum absolute atomic E-state index is 0.140. The summed E-state index contributed by atoms with van der Waals surface area (Å²) < 4.78 is 0. The molecule has 0 spiro atoms. The summed E-state index contributed by atoms with van der Waals surface area (Å²) in [7, 11) is 0. The molecular weight excluding hydrogens is 378 g/mol. The van der Waals surface area contributed by atoms with Crippen LogP contribution in [0.25, 0.3) is 0 Å². The lowest BCUT2D eigenvalue weighted by molar-refractivity contribution is -0.139. The van der Waals surface area contributed by atoms with E-state index in [0.29, 0.717) is 30.6 Å². The lowest BCUT2D eigenvalue weighted by Gasteiger charge is -2.38. The Morgan fingerprint density at radius 2 is 1.80 bits per heavy atom. The van der Waals surface area contributed by atoms with Crippen LogP contribution in [-0.4, -0.2) is 24.3 Å². The highest BCUT2D eigenvalue weighted by molar-refractivity contribution is 6.05. The molecule has 1 aliphatic heterocycles. The van der Waals surface area contributed by atoms with Crippen LogP contribution in [0.3, 0.4) is 0 Å². The summed E-state index contributed by atoms with van der Waals surface area (Å²) in [4.78, 5) is 38.1. The van der Waals surface area contributed by atoms with E-state index in [4.69, 9.17) is 0 Å². The molecule has 30 heavy (non-hydrogen) atoms. The number of rotatable bonds is 5. The summed E-state index contributed by atoms with van der Waals surface area (Å²) in [5.74, 6) is -1.00. The number of hydrazine groups is 1. The summed E-state index contributed by atoms with van der Waals surface area (Å²) in [5, 5.41) is 4.24. The molecule has 0 aromatic heterocycles. The molecule has 2 aliphatic rings. The molecule has 1 fully saturated rings. The van der Waals surface area contributed by atoms with Crippen LogP contribution in [0.1, 0.15) is 41.6 Å². The quantitative estimate of drug-likeness (QED) is 0.753. The maximum atomic E-state index is 12.9. The Morgan fingerprint density at radius 1 is 1.07 bits per heavy atom. The number of nitrogens with one attached hydrogen (secondary N) is 2. The van der Waals surface area contributed by atoms with Gasteiger partial charge in [-0.2, -0.15) is 0 Å². The van der Waals surface area contributed by atoms with Crippen LogP contribution < -0.4 is 15.8 Å². The molecule has 4 rings (SSSR count). The van der Waals surface area contributed by atoms with Gasteiger partial charge < -0.3 is 5.32 Å². The first-order chi connectivity index (χ1) is 14.5. The van der Waals surface area contributed by atoms with Crippen LogP contribution in [-0.2, 0) is 9.59 Å². The monoisotopic (exact) mass is 403 g/mol. The number of carbonyl (C=O) groups is 3. The van der Waals surface area contributed by atoms with Gasteiger partial charge in [0.25, 0.3) is 5.91 Å². The first-order valence-corrected chi connectivity index (χ1v) is 10.3. The van der Waals surface area contributed by atoms with Gasteiger partial charge in [-0.25, -0.2) is 5.01 Å². The first kappa shape index (κ1) is 19.9. The Labute approximate surface area is 175 Å². The third-order valence-corrected chi connectivity index (χ3v) is 5.83. The van der Waals surface area contributed by atoms with Gasteiger partial charge in [-0.1, -0.05) is 55.5 Å². The molecule has 1 aliphatic carbocycles. The summed E-state index contributed by atoms with van der Waals surface area (Å²) >= 11 is 0. The zero-order chi connectivity index (χ0) is 21.1. The van der Waals surface area contributed by atoms with E-state index in [0.717, 1.165) is 5.56 Å². The second-order valence-corrected chi connectivity index (χ2v) is 7.88. The average Bonchev–Trinajstić information content (AvgIpc) is 2.80. The van der Waals surface area contributed by atoms with Gasteiger partial charge in [0, 0.05) is 12.1 Å². The van der Waals surface area contributed by atoms with Crippen LogP contribution in [0, 0.1) is 11.8 Å². The Balaban J connectivity index is 1.46. The molecule has 1 saturated heterocycles. The molecule has 3 amide bonds. The van der Waals surface area contributed by atoms with Crippen molar-refractivity contribution < 1.29 is 14.4 Å². The Morgan fingerprint density at radius 3 is 2.57 bits per heavy atom. The summed E-state index contributed by atoms with van der Waals surface area (Å²) in [6, 6.07) is 16.8. The standard InChI is InChI=1S/C24H25N3O3/c1-16(17-8-3-2-4-9-17)15-25-22(28)18-10-7-11-19(14-18)27-24(30)21-13-6-5-12-20(21)23(29)26-27/h2-11,14,16,20-21H,12-13,15H2,1H3,(H,25,28)(H,26,29). The molecule has 6 heteroatoms. The van der Waals surface area contributed by atoms with Gasteiger partial charge in [0.1, 0.15) is 0 Å². The van der Waals surface area contributed by atoms with E-state index in [1.165, 1.54) is 5.01 Å². The minimum Gasteiger partial charge on any atom is -0.351 e. The van der Waals surface area contributed by atoms with Crippen molar-refractivity contribution >= 4 is 23.4 Å². The molecule has 2 aromatic carbocycles. The number of amides is 3. The number of benzene rings is 2. The molecule has 0 radical (unpaired) electrons. The number of hydrogen-bond acceptors (Lipinski definition) is 3. The summed E-state index contributed by atoms with van der Waals surface area (Å²) in [5.41, 5.74) is 4.79. The van der Waals surface area contributed by atoms with Crippen molar-refractivity contribution in [2.24, 2.45) is 11.8 Å². The lowest BCUT2D eigenvalue weighted by Crippen LogP contribution is -2.59. The molecule has 3 unspecified atom stereocenters. The summed E-state index contributed by atoms with van der Waals surface area (Å²) in [6.07, 6.45) is 5.04. The fourth-order valence-electron chi connectivity index (χ4n) is 4.02. The van der Waals surface area contributed by atoms with Gasteiger partial charge in [-0.15, -0.1) is 0 Å². The second-order valence-electron chi connectivity index (χ2n) is 7.88. The van der Waals surface area contributed by atoms with E-state index in [2.05, 4.69) is 17.7 Å². The highest BCUT2D eigenvalue weighted by Crippen LogP contribution is 2.32. The van der Waals surface area contributed by atoms with E-state index in [-0.39, 0.29) is 35.5 Å². The SMILES string of the molecule is CC(CNC(=O)c1cccc(N2NC(=O)C3CC=CCC3C2=O)c1)c1ccccc1. The van der Waals surface area contributed by atoms with Crippen molar-refractivity contribution in [3.8, 4) is 0 Å². The van der Waals surface area contributed by atoms with Crippen molar-refractivity contribution in [1.82, 2.24) is 10.7 Å². The van der Waals surface area contributed by atoms with Crippen molar-refractivity contribution in [3.05, 3.63) is 77.9 Å². The normalized spacial score (nSPS) is 21.6. The van der Waals surface area contributed by atoms with Crippen LogP contribution >= 0.6 is 0 Å². The smallest absolute Gasteiger partial charge is 0.251 e. The molecule has 0 bridgehead atoms. The van der Waals surface area contributed by atoms with Gasteiger partial charge in [0.05, 0.1) is 17.5 Å². The molecule has 6 nitrogen and oxygen atoms in total. The van der Waals surface area contributed by atoms with Gasteiger partial charge in [0.2, 0.25) is 11.8 Å². The largest absolute Gasteiger partial charge is 0.351 e. The van der Waals surface area contributed by atoms with E-state index in [1.807, 2.05) is 42.5 Å². The summed E-state index contributed by atoms with van der Waals surface area (Å²) in [6.45, 7) is 2.56. The number of carbonyl (C=O) groups excluding carboxylic acids is 3. The predicted molar refractivity (Wildman–Crippen MR) is 115 cm³/mol. The van der Waals surface area contributed by atoms with Gasteiger partial charge in [-0.3, -0.25) is 19.8 Å². The molecule has 3 atom stereocenters. The average molecular weight is 403 g/mol. The zero-order valence-corrected chi connectivity index (χ0v) is 16.9. The fourth-order valence-corrected chi connectivity index (χ4v) is 4.02. The topological polar surface area (TPSA) is 78.5 Å². The van der Waals surface area contributed by atoms with Gasteiger partial charge >= 0.3 is 0 Å². The molecule has 154 valence electrons. The Bertz CT molecular complexity index is 986. The van der Waals surface area contributed by atoms with Gasteiger partial charge in [0.15, 0.2) is 0 Å². The van der Waals surface area contributed by atoms with Crippen LogP contribution in [0.15, 0.2) is 66.7 Å². The molecule has 2 aromatic rings. The first-order valence-electron chi connectivity index (χ1n) is 10.3.